The zero-order valence-electron chi connectivity index (χ0n) is 10.6. The second-order valence-electron chi connectivity index (χ2n) is 4.34. The fourth-order valence-corrected chi connectivity index (χ4v) is 2.62. The first-order valence-electron chi connectivity index (χ1n) is 6.04. The molecular weight excluding hydrogens is 247 g/mol. The van der Waals surface area contributed by atoms with Crippen molar-refractivity contribution in [3.05, 3.63) is 51.7 Å². The standard InChI is InChI=1S/C14H17FN2S/c1-10(12-3-5-13(15)6-4-12)16-8-7-14-11(2)17-9-18-14/h3-6,9-10,16H,7-8H2,1-2H3/t10-/m0/s1. The predicted molar refractivity (Wildman–Crippen MR) is 73.4 cm³/mol. The monoisotopic (exact) mass is 264 g/mol. The average molecular weight is 264 g/mol. The number of rotatable bonds is 5. The molecule has 0 aliphatic heterocycles. The summed E-state index contributed by atoms with van der Waals surface area (Å²) in [5.74, 6) is -0.189. The lowest BCUT2D eigenvalue weighted by Crippen LogP contribution is -2.21. The summed E-state index contributed by atoms with van der Waals surface area (Å²) in [4.78, 5) is 5.56. The van der Waals surface area contributed by atoms with Crippen molar-refractivity contribution in [2.45, 2.75) is 26.3 Å². The van der Waals surface area contributed by atoms with Gasteiger partial charge in [0.25, 0.3) is 0 Å². The number of aryl methyl sites for hydroxylation is 1. The van der Waals surface area contributed by atoms with Crippen LogP contribution < -0.4 is 5.32 Å². The van der Waals surface area contributed by atoms with E-state index in [0.717, 1.165) is 24.2 Å². The van der Waals surface area contributed by atoms with Gasteiger partial charge in [0.1, 0.15) is 5.82 Å². The van der Waals surface area contributed by atoms with Crippen LogP contribution in [-0.4, -0.2) is 11.5 Å². The highest BCUT2D eigenvalue weighted by atomic mass is 32.1. The fourth-order valence-electron chi connectivity index (χ4n) is 1.84. The number of nitrogens with one attached hydrogen (secondary N) is 1. The molecule has 0 radical (unpaired) electrons. The van der Waals surface area contributed by atoms with Crippen LogP contribution in [0.1, 0.15) is 29.1 Å². The Hall–Kier alpha value is -1.26. The van der Waals surface area contributed by atoms with Gasteiger partial charge in [0.15, 0.2) is 0 Å². The number of aromatic nitrogens is 1. The molecule has 2 aromatic rings. The van der Waals surface area contributed by atoms with E-state index >= 15 is 0 Å². The smallest absolute Gasteiger partial charge is 0.123 e. The van der Waals surface area contributed by atoms with Gasteiger partial charge in [-0.05, 0) is 38.0 Å². The van der Waals surface area contributed by atoms with E-state index in [1.807, 2.05) is 24.6 Å². The molecule has 0 spiro atoms. The number of benzene rings is 1. The Morgan fingerprint density at radius 2 is 2.06 bits per heavy atom. The Bertz CT molecular complexity index is 493. The SMILES string of the molecule is Cc1ncsc1CCN[C@@H](C)c1ccc(F)cc1. The molecule has 0 saturated heterocycles. The number of nitrogens with zero attached hydrogens (tertiary/aromatic N) is 1. The van der Waals surface area contributed by atoms with Crippen LogP contribution in [0.3, 0.4) is 0 Å². The molecule has 2 nitrogen and oxygen atoms in total. The molecule has 0 bridgehead atoms. The van der Waals surface area contributed by atoms with Crippen LogP contribution in [0.5, 0.6) is 0 Å². The Labute approximate surface area is 111 Å². The number of halogens is 1. The molecule has 1 aromatic carbocycles. The molecule has 1 atom stereocenters. The molecule has 0 saturated carbocycles. The average Bonchev–Trinajstić information content (AvgIpc) is 2.76. The molecule has 0 unspecified atom stereocenters. The molecule has 1 N–H and O–H groups in total. The topological polar surface area (TPSA) is 24.9 Å². The molecule has 1 aromatic heterocycles. The second kappa shape index (κ2) is 6.07. The van der Waals surface area contributed by atoms with Crippen molar-refractivity contribution in [3.63, 3.8) is 0 Å². The van der Waals surface area contributed by atoms with Gasteiger partial charge in [-0.25, -0.2) is 9.37 Å². The first kappa shape index (κ1) is 13.2. The molecule has 18 heavy (non-hydrogen) atoms. The fraction of sp³-hybridized carbons (Fsp3) is 0.357. The summed E-state index contributed by atoms with van der Waals surface area (Å²) in [7, 11) is 0. The maximum atomic E-state index is 12.8. The Kier molecular flexibility index (Phi) is 4.44. The van der Waals surface area contributed by atoms with Gasteiger partial charge in [0, 0.05) is 17.5 Å². The highest BCUT2D eigenvalue weighted by Gasteiger charge is 2.06. The van der Waals surface area contributed by atoms with Crippen molar-refractivity contribution in [1.29, 1.82) is 0 Å². The maximum absolute atomic E-state index is 12.8. The summed E-state index contributed by atoms with van der Waals surface area (Å²) in [5, 5.41) is 3.44. The van der Waals surface area contributed by atoms with Gasteiger partial charge in [0.2, 0.25) is 0 Å². The van der Waals surface area contributed by atoms with Gasteiger partial charge in [-0.15, -0.1) is 11.3 Å². The quantitative estimate of drug-likeness (QED) is 0.894. The summed E-state index contributed by atoms with van der Waals surface area (Å²) in [5.41, 5.74) is 4.11. The minimum Gasteiger partial charge on any atom is -0.310 e. The van der Waals surface area contributed by atoms with E-state index in [0.29, 0.717) is 0 Å². The van der Waals surface area contributed by atoms with E-state index in [2.05, 4.69) is 17.2 Å². The largest absolute Gasteiger partial charge is 0.310 e. The van der Waals surface area contributed by atoms with E-state index in [4.69, 9.17) is 0 Å². The zero-order valence-corrected chi connectivity index (χ0v) is 11.4. The highest BCUT2D eigenvalue weighted by Crippen LogP contribution is 2.15. The summed E-state index contributed by atoms with van der Waals surface area (Å²) in [6, 6.07) is 6.89. The first-order valence-corrected chi connectivity index (χ1v) is 6.92. The summed E-state index contributed by atoms with van der Waals surface area (Å²) in [6.07, 6.45) is 0.988. The summed E-state index contributed by atoms with van der Waals surface area (Å²) >= 11 is 1.70. The molecule has 4 heteroatoms. The third-order valence-electron chi connectivity index (χ3n) is 3.02. The van der Waals surface area contributed by atoms with Gasteiger partial charge < -0.3 is 5.32 Å². The predicted octanol–water partition coefficient (Wildman–Crippen LogP) is 3.48. The van der Waals surface area contributed by atoms with Crippen molar-refractivity contribution in [2.75, 3.05) is 6.54 Å². The maximum Gasteiger partial charge on any atom is 0.123 e. The van der Waals surface area contributed by atoms with Gasteiger partial charge in [0.05, 0.1) is 11.2 Å². The number of thiazole rings is 1. The lowest BCUT2D eigenvalue weighted by atomic mass is 10.1. The lowest BCUT2D eigenvalue weighted by molar-refractivity contribution is 0.574. The van der Waals surface area contributed by atoms with Crippen LogP contribution in [0.4, 0.5) is 4.39 Å². The minimum absolute atomic E-state index is 0.189. The molecule has 0 aliphatic rings. The van der Waals surface area contributed by atoms with Crippen LogP contribution in [0, 0.1) is 12.7 Å². The van der Waals surface area contributed by atoms with Gasteiger partial charge in [-0.2, -0.15) is 0 Å². The van der Waals surface area contributed by atoms with Crippen LogP contribution >= 0.6 is 11.3 Å². The van der Waals surface area contributed by atoms with Crippen molar-refractivity contribution < 1.29 is 4.39 Å². The Morgan fingerprint density at radius 3 is 2.67 bits per heavy atom. The van der Waals surface area contributed by atoms with E-state index in [-0.39, 0.29) is 11.9 Å². The lowest BCUT2D eigenvalue weighted by Gasteiger charge is -2.13. The Balaban J connectivity index is 1.83. The molecule has 2 rings (SSSR count). The number of hydrogen-bond acceptors (Lipinski definition) is 3. The molecule has 1 heterocycles. The molecule has 0 aliphatic carbocycles. The molecule has 0 fully saturated rings. The van der Waals surface area contributed by atoms with Crippen molar-refractivity contribution in [2.24, 2.45) is 0 Å². The Morgan fingerprint density at radius 1 is 1.33 bits per heavy atom. The van der Waals surface area contributed by atoms with Gasteiger partial charge in [-0.1, -0.05) is 12.1 Å². The summed E-state index contributed by atoms with van der Waals surface area (Å²) in [6.45, 7) is 5.03. The van der Waals surface area contributed by atoms with Crippen LogP contribution in [0.25, 0.3) is 0 Å². The third kappa shape index (κ3) is 3.37. The zero-order chi connectivity index (χ0) is 13.0. The number of hydrogen-bond donors (Lipinski definition) is 1. The van der Waals surface area contributed by atoms with Gasteiger partial charge >= 0.3 is 0 Å². The first-order chi connectivity index (χ1) is 8.66. The molecule has 0 amide bonds. The van der Waals surface area contributed by atoms with Crippen molar-refractivity contribution in [3.8, 4) is 0 Å². The van der Waals surface area contributed by atoms with E-state index in [1.165, 1.54) is 17.0 Å². The normalized spacial score (nSPS) is 12.6. The summed E-state index contributed by atoms with van der Waals surface area (Å²) < 4.78 is 12.8. The van der Waals surface area contributed by atoms with E-state index < -0.39 is 0 Å². The second-order valence-corrected chi connectivity index (χ2v) is 5.28. The van der Waals surface area contributed by atoms with Crippen molar-refractivity contribution in [1.82, 2.24) is 10.3 Å². The van der Waals surface area contributed by atoms with Crippen LogP contribution in [0.15, 0.2) is 29.8 Å². The van der Waals surface area contributed by atoms with E-state index in [1.54, 1.807) is 11.3 Å². The van der Waals surface area contributed by atoms with E-state index in [9.17, 15) is 4.39 Å². The van der Waals surface area contributed by atoms with Crippen LogP contribution in [-0.2, 0) is 6.42 Å². The highest BCUT2D eigenvalue weighted by molar-refractivity contribution is 7.09. The van der Waals surface area contributed by atoms with Crippen LogP contribution in [0.2, 0.25) is 0 Å². The third-order valence-corrected chi connectivity index (χ3v) is 4.01. The van der Waals surface area contributed by atoms with Crippen molar-refractivity contribution >= 4 is 11.3 Å². The minimum atomic E-state index is -0.189. The molecule has 96 valence electrons. The molecular formula is C14H17FN2S. The van der Waals surface area contributed by atoms with Gasteiger partial charge in [-0.3, -0.25) is 0 Å².